The van der Waals surface area contributed by atoms with Crippen molar-refractivity contribution in [3.63, 3.8) is 0 Å². The van der Waals surface area contributed by atoms with Gasteiger partial charge in [0.15, 0.2) is 0 Å². The van der Waals surface area contributed by atoms with E-state index in [0.29, 0.717) is 0 Å². The van der Waals surface area contributed by atoms with Gasteiger partial charge in [0.25, 0.3) is 0 Å². The highest BCUT2D eigenvalue weighted by Gasteiger charge is 2.26. The van der Waals surface area contributed by atoms with Crippen molar-refractivity contribution < 1.29 is 13.2 Å². The van der Waals surface area contributed by atoms with E-state index in [4.69, 9.17) is 5.73 Å². The molecule has 1 aromatic rings. The first-order valence-electron chi connectivity index (χ1n) is 3.81. The van der Waals surface area contributed by atoms with E-state index < -0.39 is 12.7 Å². The van der Waals surface area contributed by atoms with Gasteiger partial charge in [-0.15, -0.1) is 0 Å². The van der Waals surface area contributed by atoms with Crippen LogP contribution in [0.5, 0.6) is 0 Å². The fourth-order valence-electron chi connectivity index (χ4n) is 0.737. The smallest absolute Gasteiger partial charge is 0.388 e. The highest BCUT2D eigenvalue weighted by Crippen LogP contribution is 2.14. The number of anilines is 1. The summed E-state index contributed by atoms with van der Waals surface area (Å²) in [5.74, 6) is 0.0207. The van der Waals surface area contributed by atoms with Crippen molar-refractivity contribution >= 4 is 23.0 Å². The molecule has 0 radical (unpaired) electrons. The molecule has 0 saturated heterocycles. The topological polar surface area (TPSA) is 63.8 Å². The number of hydrogen-bond donors (Lipinski definition) is 2. The van der Waals surface area contributed by atoms with Gasteiger partial charge in [-0.1, -0.05) is 12.2 Å². The second kappa shape index (κ2) is 4.39. The lowest BCUT2D eigenvalue weighted by atomic mass is 10.4. The zero-order valence-corrected chi connectivity index (χ0v) is 8.19. The molecule has 0 bridgehead atoms. The molecule has 1 rings (SSSR count). The van der Waals surface area contributed by atoms with E-state index in [1.54, 1.807) is 0 Å². The fourth-order valence-corrected chi connectivity index (χ4v) is 0.843. The average Bonchev–Trinajstić information content (AvgIpc) is 2.14. The molecule has 0 aliphatic carbocycles. The Morgan fingerprint density at radius 1 is 1.40 bits per heavy atom. The predicted molar refractivity (Wildman–Crippen MR) is 52.5 cm³/mol. The van der Waals surface area contributed by atoms with Crippen molar-refractivity contribution in [3.05, 3.63) is 18.1 Å². The predicted octanol–water partition coefficient (Wildman–Crippen LogP) is 1.09. The lowest BCUT2D eigenvalue weighted by Gasteiger charge is -2.08. The summed E-state index contributed by atoms with van der Waals surface area (Å²) in [5, 5.41) is 2.07. The lowest BCUT2D eigenvalue weighted by molar-refractivity contribution is -0.115. The van der Waals surface area contributed by atoms with Crippen LogP contribution in [0.25, 0.3) is 0 Å². The van der Waals surface area contributed by atoms with Crippen LogP contribution in [-0.2, 0) is 0 Å². The third kappa shape index (κ3) is 4.07. The van der Waals surface area contributed by atoms with Crippen molar-refractivity contribution in [3.8, 4) is 0 Å². The van der Waals surface area contributed by atoms with Gasteiger partial charge < -0.3 is 11.1 Å². The number of hydrogen-bond acceptors (Lipinski definition) is 4. The summed E-state index contributed by atoms with van der Waals surface area (Å²) in [6.45, 7) is -1.16. The van der Waals surface area contributed by atoms with Crippen molar-refractivity contribution in [1.29, 1.82) is 0 Å². The number of nitrogens with one attached hydrogen (secondary N) is 1. The van der Waals surface area contributed by atoms with Crippen LogP contribution in [0, 0.1) is 0 Å². The number of thiocarbonyl (C=S) groups is 1. The summed E-state index contributed by atoms with van der Waals surface area (Å²) in [6.07, 6.45) is -1.94. The maximum Gasteiger partial charge on any atom is 0.405 e. The fraction of sp³-hybridized carbons (Fsp3) is 0.286. The van der Waals surface area contributed by atoms with E-state index in [2.05, 4.69) is 27.5 Å². The van der Waals surface area contributed by atoms with Crippen LogP contribution in [0.15, 0.2) is 12.4 Å². The molecule has 0 aromatic carbocycles. The minimum absolute atomic E-state index is 0.0207. The molecule has 1 heterocycles. The van der Waals surface area contributed by atoms with Gasteiger partial charge in [-0.05, 0) is 0 Å². The number of halogens is 3. The van der Waals surface area contributed by atoms with Crippen LogP contribution in [0.4, 0.5) is 19.0 Å². The van der Waals surface area contributed by atoms with Gasteiger partial charge >= 0.3 is 6.18 Å². The van der Waals surface area contributed by atoms with Crippen molar-refractivity contribution in [2.24, 2.45) is 5.73 Å². The Morgan fingerprint density at radius 3 is 2.47 bits per heavy atom. The zero-order chi connectivity index (χ0) is 11.5. The molecule has 0 atom stereocenters. The number of alkyl halides is 3. The van der Waals surface area contributed by atoms with Crippen molar-refractivity contribution in [2.75, 3.05) is 11.9 Å². The molecule has 0 saturated carbocycles. The number of aromatic nitrogens is 2. The molecular formula is C7H7F3N4S. The highest BCUT2D eigenvalue weighted by molar-refractivity contribution is 7.80. The average molecular weight is 236 g/mol. The maximum absolute atomic E-state index is 11.8. The molecule has 3 N–H and O–H groups in total. The third-order valence-corrected chi connectivity index (χ3v) is 1.58. The Bertz CT molecular complexity index is 348. The first-order chi connectivity index (χ1) is 6.88. The quantitative estimate of drug-likeness (QED) is 0.769. The molecule has 0 aliphatic rings. The third-order valence-electron chi connectivity index (χ3n) is 1.37. The van der Waals surface area contributed by atoms with Crippen molar-refractivity contribution in [2.45, 2.75) is 6.18 Å². The van der Waals surface area contributed by atoms with Crippen molar-refractivity contribution in [1.82, 2.24) is 9.97 Å². The number of nitrogens with two attached hydrogens (primary N) is 1. The standard InChI is InChI=1S/C7H7F3N4S/c8-7(9,10)3-14-5-2-12-4(1-13-5)6(11)15/h1-2H,3H2,(H2,11,15)(H,13,14). The van der Waals surface area contributed by atoms with Gasteiger partial charge in [-0.25, -0.2) is 9.97 Å². The van der Waals surface area contributed by atoms with Crippen LogP contribution in [-0.4, -0.2) is 27.7 Å². The molecule has 0 spiro atoms. The summed E-state index contributed by atoms with van der Waals surface area (Å²) in [6, 6.07) is 0. The van der Waals surface area contributed by atoms with Gasteiger partial charge in [0.1, 0.15) is 23.0 Å². The van der Waals surface area contributed by atoms with E-state index in [1.807, 2.05) is 0 Å². The SMILES string of the molecule is NC(=S)c1cnc(NCC(F)(F)F)cn1. The molecule has 82 valence electrons. The first-order valence-corrected chi connectivity index (χ1v) is 4.22. The van der Waals surface area contributed by atoms with Gasteiger partial charge in [0, 0.05) is 0 Å². The minimum atomic E-state index is -4.29. The molecule has 8 heteroatoms. The van der Waals surface area contributed by atoms with E-state index in [0.717, 1.165) is 6.20 Å². The Balaban J connectivity index is 2.61. The van der Waals surface area contributed by atoms with E-state index in [-0.39, 0.29) is 16.5 Å². The van der Waals surface area contributed by atoms with Crippen LogP contribution in [0.3, 0.4) is 0 Å². The number of nitrogens with zero attached hydrogens (tertiary/aromatic N) is 2. The molecule has 0 fully saturated rings. The molecule has 1 aromatic heterocycles. The Labute approximate surface area is 88.7 Å². The zero-order valence-electron chi connectivity index (χ0n) is 7.38. The van der Waals surface area contributed by atoms with E-state index in [1.165, 1.54) is 6.20 Å². The minimum Gasteiger partial charge on any atom is -0.388 e. The Hall–Kier alpha value is -1.44. The summed E-state index contributed by atoms with van der Waals surface area (Å²) in [7, 11) is 0. The lowest BCUT2D eigenvalue weighted by Crippen LogP contribution is -2.22. The molecule has 0 unspecified atom stereocenters. The van der Waals surface area contributed by atoms with Crippen LogP contribution in [0.1, 0.15) is 5.69 Å². The second-order valence-corrected chi connectivity index (χ2v) is 3.06. The first kappa shape index (κ1) is 11.6. The highest BCUT2D eigenvalue weighted by atomic mass is 32.1. The molecule has 15 heavy (non-hydrogen) atoms. The molecule has 4 nitrogen and oxygen atoms in total. The largest absolute Gasteiger partial charge is 0.405 e. The van der Waals surface area contributed by atoms with Gasteiger partial charge in [0.05, 0.1) is 12.4 Å². The molecule has 0 aliphatic heterocycles. The second-order valence-electron chi connectivity index (χ2n) is 2.62. The monoisotopic (exact) mass is 236 g/mol. The van der Waals surface area contributed by atoms with Gasteiger partial charge in [0.2, 0.25) is 0 Å². The summed E-state index contributed by atoms with van der Waals surface area (Å²) in [5.41, 5.74) is 5.50. The Morgan fingerprint density at radius 2 is 2.07 bits per heavy atom. The van der Waals surface area contributed by atoms with E-state index >= 15 is 0 Å². The van der Waals surface area contributed by atoms with Gasteiger partial charge in [-0.3, -0.25) is 0 Å². The normalized spacial score (nSPS) is 11.1. The van der Waals surface area contributed by atoms with E-state index in [9.17, 15) is 13.2 Å². The van der Waals surface area contributed by atoms with Crippen LogP contribution < -0.4 is 11.1 Å². The Kier molecular flexibility index (Phi) is 3.40. The summed E-state index contributed by atoms with van der Waals surface area (Å²) >= 11 is 4.60. The summed E-state index contributed by atoms with van der Waals surface area (Å²) in [4.78, 5) is 7.43. The van der Waals surface area contributed by atoms with Crippen LogP contribution in [0.2, 0.25) is 0 Å². The van der Waals surface area contributed by atoms with Crippen LogP contribution >= 0.6 is 12.2 Å². The van der Waals surface area contributed by atoms with Gasteiger partial charge in [-0.2, -0.15) is 13.2 Å². The summed E-state index contributed by atoms with van der Waals surface area (Å²) < 4.78 is 35.4. The molecular weight excluding hydrogens is 229 g/mol. The maximum atomic E-state index is 11.8. The molecule has 0 amide bonds. The number of rotatable bonds is 3.